The number of imidazole rings is 1. The number of methoxy groups -OCH3 is 1. The molecule has 0 spiro atoms. The minimum absolute atomic E-state index is 0.0671. The smallest absolute Gasteiger partial charge is 0.213 e. The number of aldehydes is 1. The van der Waals surface area contributed by atoms with Gasteiger partial charge in [-0.15, -0.1) is 0 Å². The topological polar surface area (TPSA) is 56.5 Å². The van der Waals surface area contributed by atoms with E-state index in [4.69, 9.17) is 4.74 Å². The van der Waals surface area contributed by atoms with Gasteiger partial charge in [-0.3, -0.25) is 4.79 Å². The number of carbonyl (C=O) groups excluding carboxylic acids is 1. The van der Waals surface area contributed by atoms with Crippen LogP contribution >= 0.6 is 11.3 Å². The van der Waals surface area contributed by atoms with E-state index >= 15 is 0 Å². The molecule has 0 aliphatic heterocycles. The monoisotopic (exact) mass is 329 g/mol. The first-order valence-electron chi connectivity index (χ1n) is 7.35. The Kier molecular flexibility index (Phi) is 3.72. The van der Waals surface area contributed by atoms with Crippen molar-refractivity contribution < 1.29 is 9.53 Å². The highest BCUT2D eigenvalue weighted by molar-refractivity contribution is 7.16. The highest BCUT2D eigenvalue weighted by Gasteiger charge is 2.23. The summed E-state index contributed by atoms with van der Waals surface area (Å²) in [4.78, 5) is 17.0. The van der Waals surface area contributed by atoms with E-state index in [2.05, 4.69) is 30.9 Å². The van der Waals surface area contributed by atoms with Crippen LogP contribution in [0.5, 0.6) is 5.75 Å². The molecule has 6 heteroatoms. The molecule has 0 unspecified atom stereocenters. The van der Waals surface area contributed by atoms with E-state index in [1.165, 1.54) is 11.3 Å². The summed E-state index contributed by atoms with van der Waals surface area (Å²) < 4.78 is 6.93. The molecule has 3 rings (SSSR count). The second-order valence-electron chi connectivity index (χ2n) is 6.50. The first kappa shape index (κ1) is 15.7. The number of aryl methyl sites for hydroxylation is 1. The summed E-state index contributed by atoms with van der Waals surface area (Å²) in [6.07, 6.45) is 0.820. The number of fused-ring (bicyclic) bond motifs is 1. The first-order valence-corrected chi connectivity index (χ1v) is 8.17. The van der Waals surface area contributed by atoms with E-state index < -0.39 is 0 Å². The average Bonchev–Trinajstić information content (AvgIpc) is 3.03. The second kappa shape index (κ2) is 5.45. The number of hydrogen-bond donors (Lipinski definition) is 0. The molecule has 0 atom stereocenters. The Labute approximate surface area is 138 Å². The molecule has 0 saturated heterocycles. The van der Waals surface area contributed by atoms with Crippen molar-refractivity contribution in [2.75, 3.05) is 7.11 Å². The van der Waals surface area contributed by atoms with Gasteiger partial charge in [-0.2, -0.15) is 9.61 Å². The quantitative estimate of drug-likeness (QED) is 0.684. The zero-order chi connectivity index (χ0) is 16.8. The number of rotatable bonds is 3. The summed E-state index contributed by atoms with van der Waals surface area (Å²) >= 11 is 1.52. The maximum absolute atomic E-state index is 11.6. The van der Waals surface area contributed by atoms with E-state index in [9.17, 15) is 4.79 Å². The summed E-state index contributed by atoms with van der Waals surface area (Å²) in [5.74, 6) is 0.815. The SMILES string of the molecule is COc1ccc(-c2nc3sc(C(C)(C)C)nn3c2C=O)cc1C. The second-order valence-corrected chi connectivity index (χ2v) is 7.46. The van der Waals surface area contributed by atoms with Gasteiger partial charge in [0, 0.05) is 11.0 Å². The van der Waals surface area contributed by atoms with Crippen LogP contribution in [0.15, 0.2) is 18.2 Å². The molecule has 0 radical (unpaired) electrons. The highest BCUT2D eigenvalue weighted by atomic mass is 32.1. The summed E-state index contributed by atoms with van der Waals surface area (Å²) in [5.41, 5.74) is 2.96. The number of ether oxygens (including phenoxy) is 1. The number of hydrogen-bond acceptors (Lipinski definition) is 5. The summed E-state index contributed by atoms with van der Waals surface area (Å²) in [5, 5.41) is 5.53. The van der Waals surface area contributed by atoms with Crippen molar-refractivity contribution in [3.63, 3.8) is 0 Å². The molecule has 0 fully saturated rings. The maximum atomic E-state index is 11.6. The summed E-state index contributed by atoms with van der Waals surface area (Å²) in [7, 11) is 1.64. The molecule has 0 amide bonds. The lowest BCUT2D eigenvalue weighted by molar-refractivity contribution is 0.111. The molecule has 0 aliphatic rings. The molecule has 0 aliphatic carbocycles. The fraction of sp³-hybridized carbons (Fsp3) is 0.353. The van der Waals surface area contributed by atoms with Crippen LogP contribution in [0.4, 0.5) is 0 Å². The van der Waals surface area contributed by atoms with Crippen molar-refractivity contribution in [3.05, 3.63) is 34.5 Å². The van der Waals surface area contributed by atoms with Gasteiger partial charge in [-0.05, 0) is 30.7 Å². The van der Waals surface area contributed by atoms with Crippen molar-refractivity contribution >= 4 is 22.6 Å². The van der Waals surface area contributed by atoms with E-state index in [1.54, 1.807) is 11.6 Å². The minimum Gasteiger partial charge on any atom is -0.496 e. The normalized spacial score (nSPS) is 11.9. The van der Waals surface area contributed by atoms with Crippen LogP contribution in [0.25, 0.3) is 16.2 Å². The highest BCUT2D eigenvalue weighted by Crippen LogP contribution is 2.32. The van der Waals surface area contributed by atoms with Gasteiger partial charge in [0.25, 0.3) is 0 Å². The zero-order valence-corrected chi connectivity index (χ0v) is 14.7. The molecule has 0 saturated carbocycles. The molecule has 120 valence electrons. The average molecular weight is 329 g/mol. The van der Waals surface area contributed by atoms with Crippen LogP contribution in [0, 0.1) is 6.92 Å². The molecular formula is C17H19N3O2S. The van der Waals surface area contributed by atoms with Crippen molar-refractivity contribution in [1.82, 2.24) is 14.6 Å². The Balaban J connectivity index is 2.17. The van der Waals surface area contributed by atoms with E-state index in [1.807, 2.05) is 25.1 Å². The van der Waals surface area contributed by atoms with Gasteiger partial charge in [0.1, 0.15) is 22.1 Å². The third-order valence-corrected chi connectivity index (χ3v) is 4.99. The van der Waals surface area contributed by atoms with Gasteiger partial charge in [-0.1, -0.05) is 32.1 Å². The van der Waals surface area contributed by atoms with Gasteiger partial charge in [-0.25, -0.2) is 4.98 Å². The first-order chi connectivity index (χ1) is 10.8. The Morgan fingerprint density at radius 2 is 2.04 bits per heavy atom. The van der Waals surface area contributed by atoms with Gasteiger partial charge in [0.05, 0.1) is 7.11 Å². The molecule has 3 aromatic rings. The molecule has 5 nitrogen and oxygen atoms in total. The largest absolute Gasteiger partial charge is 0.496 e. The predicted octanol–water partition coefficient (Wildman–Crippen LogP) is 3.88. The Hall–Kier alpha value is -2.21. The third kappa shape index (κ3) is 2.63. The fourth-order valence-corrected chi connectivity index (χ4v) is 3.38. The van der Waals surface area contributed by atoms with Crippen LogP contribution in [-0.4, -0.2) is 28.0 Å². The van der Waals surface area contributed by atoms with Crippen molar-refractivity contribution in [3.8, 4) is 17.0 Å². The molecule has 23 heavy (non-hydrogen) atoms. The third-order valence-electron chi connectivity index (χ3n) is 3.66. The number of aromatic nitrogens is 3. The van der Waals surface area contributed by atoms with Crippen molar-refractivity contribution in [2.45, 2.75) is 33.1 Å². The van der Waals surface area contributed by atoms with Gasteiger partial charge in [0.2, 0.25) is 4.96 Å². The molecule has 2 heterocycles. The molecule has 0 bridgehead atoms. The van der Waals surface area contributed by atoms with Crippen LogP contribution in [0.3, 0.4) is 0 Å². The predicted molar refractivity (Wildman–Crippen MR) is 91.7 cm³/mol. The fourth-order valence-electron chi connectivity index (χ4n) is 2.41. The Morgan fingerprint density at radius 1 is 1.30 bits per heavy atom. The lowest BCUT2D eigenvalue weighted by Gasteiger charge is -2.12. The standard InChI is InChI=1S/C17H19N3O2S/c1-10-8-11(6-7-13(10)22-5)14-12(9-21)20-16(18-14)23-15(19-20)17(2,3)4/h6-9H,1-5H3. The van der Waals surface area contributed by atoms with Gasteiger partial charge in [0.15, 0.2) is 6.29 Å². The number of nitrogens with zero attached hydrogens (tertiary/aromatic N) is 3. The van der Waals surface area contributed by atoms with Crippen molar-refractivity contribution in [1.29, 1.82) is 0 Å². The lowest BCUT2D eigenvalue weighted by atomic mass is 9.98. The van der Waals surface area contributed by atoms with E-state index in [0.717, 1.165) is 33.1 Å². The molecular weight excluding hydrogens is 310 g/mol. The van der Waals surface area contributed by atoms with Gasteiger partial charge < -0.3 is 4.74 Å². The zero-order valence-electron chi connectivity index (χ0n) is 13.9. The van der Waals surface area contributed by atoms with Gasteiger partial charge >= 0.3 is 0 Å². The van der Waals surface area contributed by atoms with Crippen molar-refractivity contribution in [2.24, 2.45) is 0 Å². The minimum atomic E-state index is -0.0671. The number of benzene rings is 1. The van der Waals surface area contributed by atoms with Crippen LogP contribution < -0.4 is 4.74 Å². The van der Waals surface area contributed by atoms with E-state index in [-0.39, 0.29) is 5.41 Å². The Morgan fingerprint density at radius 3 is 2.61 bits per heavy atom. The van der Waals surface area contributed by atoms with E-state index in [0.29, 0.717) is 11.4 Å². The molecule has 2 aromatic heterocycles. The lowest BCUT2D eigenvalue weighted by Crippen LogP contribution is -2.11. The molecule has 1 aromatic carbocycles. The summed E-state index contributed by atoms with van der Waals surface area (Å²) in [6, 6.07) is 5.78. The summed E-state index contributed by atoms with van der Waals surface area (Å²) in [6.45, 7) is 8.26. The van der Waals surface area contributed by atoms with Crippen LogP contribution in [0.1, 0.15) is 41.8 Å². The maximum Gasteiger partial charge on any atom is 0.213 e. The van der Waals surface area contributed by atoms with Crippen LogP contribution in [-0.2, 0) is 5.41 Å². The number of carbonyl (C=O) groups is 1. The van der Waals surface area contributed by atoms with Crippen LogP contribution in [0.2, 0.25) is 0 Å². The Bertz CT molecular complexity index is 887. The molecule has 0 N–H and O–H groups in total.